The molecule has 0 bridgehead atoms. The summed E-state index contributed by atoms with van der Waals surface area (Å²) in [6, 6.07) is 15.8. The van der Waals surface area contributed by atoms with Gasteiger partial charge in [0.2, 0.25) is 5.91 Å². The maximum absolute atomic E-state index is 12.8. The van der Waals surface area contributed by atoms with Crippen LogP contribution in [-0.4, -0.2) is 51.3 Å². The van der Waals surface area contributed by atoms with E-state index >= 15 is 0 Å². The smallest absolute Gasteiger partial charge is 0.239 e. The fourth-order valence-corrected chi connectivity index (χ4v) is 4.20. The molecule has 33 heavy (non-hydrogen) atoms. The summed E-state index contributed by atoms with van der Waals surface area (Å²) in [4.78, 5) is 23.9. The first-order valence-corrected chi connectivity index (χ1v) is 11.6. The fourth-order valence-electron chi connectivity index (χ4n) is 3.94. The van der Waals surface area contributed by atoms with Gasteiger partial charge in [-0.2, -0.15) is 0 Å². The summed E-state index contributed by atoms with van der Waals surface area (Å²) >= 11 is 3.43. The van der Waals surface area contributed by atoms with Crippen molar-refractivity contribution in [1.29, 1.82) is 0 Å². The van der Waals surface area contributed by atoms with Gasteiger partial charge in [-0.1, -0.05) is 45.8 Å². The van der Waals surface area contributed by atoms with Crippen LogP contribution >= 0.6 is 15.9 Å². The number of aromatic nitrogens is 4. The standard InChI is InChI=1S/C24H24BrN7O/c1-16-2-8-19(9-3-16)32-13-20-22(30-32)28-15-29-23(20)31-11-10-26-21(14-31)24(33)27-12-17-4-6-18(25)7-5-17/h2-9,13,15,21,26H,10-12,14H2,1H3,(H,27,33)/t21-/m0/s1. The Kier molecular flexibility index (Phi) is 6.06. The molecule has 1 aliphatic heterocycles. The molecule has 0 radical (unpaired) electrons. The van der Waals surface area contributed by atoms with Crippen LogP contribution in [0.25, 0.3) is 16.7 Å². The molecule has 0 aliphatic carbocycles. The number of amides is 1. The third-order valence-electron chi connectivity index (χ3n) is 5.77. The molecule has 2 aromatic heterocycles. The predicted molar refractivity (Wildman–Crippen MR) is 131 cm³/mol. The van der Waals surface area contributed by atoms with Crippen LogP contribution in [0.2, 0.25) is 0 Å². The highest BCUT2D eigenvalue weighted by atomic mass is 79.9. The number of benzene rings is 2. The molecule has 0 unspecified atom stereocenters. The van der Waals surface area contributed by atoms with E-state index in [1.165, 1.54) is 11.9 Å². The maximum Gasteiger partial charge on any atom is 0.239 e. The van der Waals surface area contributed by atoms with Gasteiger partial charge in [0.25, 0.3) is 0 Å². The van der Waals surface area contributed by atoms with Crippen molar-refractivity contribution >= 4 is 38.7 Å². The van der Waals surface area contributed by atoms with Crippen molar-refractivity contribution in [3.63, 3.8) is 0 Å². The normalized spacial score (nSPS) is 16.2. The van der Waals surface area contributed by atoms with Crippen LogP contribution in [0.5, 0.6) is 0 Å². The van der Waals surface area contributed by atoms with E-state index in [0.29, 0.717) is 25.3 Å². The van der Waals surface area contributed by atoms with Gasteiger partial charge in [-0.15, -0.1) is 5.10 Å². The number of carbonyl (C=O) groups is 1. The summed E-state index contributed by atoms with van der Waals surface area (Å²) in [5, 5.41) is 11.9. The second kappa shape index (κ2) is 9.29. The van der Waals surface area contributed by atoms with Crippen molar-refractivity contribution in [3.05, 3.63) is 76.7 Å². The number of hydrogen-bond donors (Lipinski definition) is 2. The maximum atomic E-state index is 12.8. The number of fused-ring (bicyclic) bond motifs is 1. The molecule has 3 heterocycles. The Bertz CT molecular complexity index is 1270. The summed E-state index contributed by atoms with van der Waals surface area (Å²) in [6.45, 7) is 4.51. The predicted octanol–water partition coefficient (Wildman–Crippen LogP) is 2.98. The minimum Gasteiger partial charge on any atom is -0.353 e. The van der Waals surface area contributed by atoms with E-state index in [9.17, 15) is 4.79 Å². The van der Waals surface area contributed by atoms with E-state index in [0.717, 1.165) is 33.5 Å². The van der Waals surface area contributed by atoms with Crippen molar-refractivity contribution in [1.82, 2.24) is 30.4 Å². The first kappa shape index (κ1) is 21.5. The highest BCUT2D eigenvalue weighted by Crippen LogP contribution is 2.24. The van der Waals surface area contributed by atoms with Crippen LogP contribution in [0.3, 0.4) is 0 Å². The quantitative estimate of drug-likeness (QED) is 0.433. The highest BCUT2D eigenvalue weighted by molar-refractivity contribution is 9.10. The van der Waals surface area contributed by atoms with Gasteiger partial charge < -0.3 is 15.5 Å². The zero-order valence-corrected chi connectivity index (χ0v) is 19.8. The third-order valence-corrected chi connectivity index (χ3v) is 6.29. The number of anilines is 1. The molecular formula is C24H24BrN7O. The molecular weight excluding hydrogens is 482 g/mol. The monoisotopic (exact) mass is 505 g/mol. The number of hydrogen-bond acceptors (Lipinski definition) is 6. The topological polar surface area (TPSA) is 88.0 Å². The second-order valence-electron chi connectivity index (χ2n) is 8.14. The minimum absolute atomic E-state index is 0.0248. The summed E-state index contributed by atoms with van der Waals surface area (Å²) in [5.41, 5.74) is 3.85. The molecule has 1 aliphatic rings. The summed E-state index contributed by atoms with van der Waals surface area (Å²) in [5.74, 6) is 0.772. The fraction of sp³-hybridized carbons (Fsp3) is 0.250. The molecule has 0 saturated carbocycles. The molecule has 1 saturated heterocycles. The lowest BCUT2D eigenvalue weighted by Gasteiger charge is -2.33. The van der Waals surface area contributed by atoms with E-state index < -0.39 is 0 Å². The molecule has 8 nitrogen and oxygen atoms in total. The first-order chi connectivity index (χ1) is 16.1. The molecule has 5 rings (SSSR count). The molecule has 1 fully saturated rings. The summed E-state index contributed by atoms with van der Waals surface area (Å²) in [7, 11) is 0. The van der Waals surface area contributed by atoms with Gasteiger partial charge in [0.15, 0.2) is 5.65 Å². The molecule has 2 aromatic carbocycles. The van der Waals surface area contributed by atoms with Gasteiger partial charge in [0, 0.05) is 36.8 Å². The highest BCUT2D eigenvalue weighted by Gasteiger charge is 2.27. The van der Waals surface area contributed by atoms with Crippen LogP contribution in [0, 0.1) is 6.92 Å². The lowest BCUT2D eigenvalue weighted by molar-refractivity contribution is -0.123. The van der Waals surface area contributed by atoms with Crippen molar-refractivity contribution in [2.24, 2.45) is 0 Å². The zero-order chi connectivity index (χ0) is 22.8. The van der Waals surface area contributed by atoms with Gasteiger partial charge in [-0.25, -0.2) is 14.6 Å². The number of rotatable bonds is 5. The van der Waals surface area contributed by atoms with Crippen molar-refractivity contribution < 1.29 is 4.79 Å². The molecule has 0 spiro atoms. The molecule has 9 heteroatoms. The van der Waals surface area contributed by atoms with E-state index in [2.05, 4.69) is 65.6 Å². The molecule has 1 atom stereocenters. The van der Waals surface area contributed by atoms with Crippen molar-refractivity contribution in [3.8, 4) is 5.69 Å². The van der Waals surface area contributed by atoms with Gasteiger partial charge in [-0.3, -0.25) is 4.79 Å². The Balaban J connectivity index is 1.32. The van der Waals surface area contributed by atoms with E-state index in [4.69, 9.17) is 0 Å². The van der Waals surface area contributed by atoms with E-state index in [1.807, 2.05) is 47.3 Å². The summed E-state index contributed by atoms with van der Waals surface area (Å²) < 4.78 is 2.84. The Morgan fingerprint density at radius 2 is 1.94 bits per heavy atom. The number of halogens is 1. The Morgan fingerprint density at radius 3 is 2.73 bits per heavy atom. The van der Waals surface area contributed by atoms with Gasteiger partial charge >= 0.3 is 0 Å². The lowest BCUT2D eigenvalue weighted by Crippen LogP contribution is -2.57. The lowest BCUT2D eigenvalue weighted by atomic mass is 10.1. The van der Waals surface area contributed by atoms with Crippen LogP contribution < -0.4 is 15.5 Å². The largest absolute Gasteiger partial charge is 0.353 e. The van der Waals surface area contributed by atoms with E-state index in [-0.39, 0.29) is 11.9 Å². The van der Waals surface area contributed by atoms with Crippen LogP contribution in [-0.2, 0) is 11.3 Å². The SMILES string of the molecule is Cc1ccc(-n2cc3c(N4CCN[C@H](C(=O)NCc5ccc(Br)cc5)C4)ncnc3n2)cc1. The molecule has 168 valence electrons. The Labute approximate surface area is 200 Å². The van der Waals surface area contributed by atoms with Crippen molar-refractivity contribution in [2.75, 3.05) is 24.5 Å². The number of carbonyl (C=O) groups excluding carboxylic acids is 1. The van der Waals surface area contributed by atoms with Crippen LogP contribution in [0.4, 0.5) is 5.82 Å². The van der Waals surface area contributed by atoms with Gasteiger partial charge in [-0.05, 0) is 36.8 Å². The number of nitrogens with one attached hydrogen (secondary N) is 2. The van der Waals surface area contributed by atoms with Gasteiger partial charge in [0.05, 0.1) is 11.1 Å². The first-order valence-electron chi connectivity index (χ1n) is 10.8. The number of nitrogens with zero attached hydrogens (tertiary/aromatic N) is 5. The number of piperazine rings is 1. The molecule has 4 aromatic rings. The minimum atomic E-state index is -0.327. The Morgan fingerprint density at radius 1 is 1.15 bits per heavy atom. The van der Waals surface area contributed by atoms with Crippen LogP contribution in [0.1, 0.15) is 11.1 Å². The average molecular weight is 506 g/mol. The van der Waals surface area contributed by atoms with Crippen LogP contribution in [0.15, 0.2) is 65.5 Å². The molecule has 1 amide bonds. The summed E-state index contributed by atoms with van der Waals surface area (Å²) in [6.07, 6.45) is 3.49. The second-order valence-corrected chi connectivity index (χ2v) is 9.06. The number of aryl methyl sites for hydroxylation is 1. The third kappa shape index (κ3) is 4.74. The molecule has 2 N–H and O–H groups in total. The zero-order valence-electron chi connectivity index (χ0n) is 18.2. The van der Waals surface area contributed by atoms with Gasteiger partial charge in [0.1, 0.15) is 18.2 Å². The van der Waals surface area contributed by atoms with E-state index in [1.54, 1.807) is 0 Å². The Hall–Kier alpha value is -3.30. The van der Waals surface area contributed by atoms with Crippen molar-refractivity contribution in [2.45, 2.75) is 19.5 Å². The average Bonchev–Trinajstić information content (AvgIpc) is 3.28.